The molecule has 0 bridgehead atoms. The molecule has 0 amide bonds. The van der Waals surface area contributed by atoms with E-state index in [1.807, 2.05) is 0 Å². The first-order valence-electron chi connectivity index (χ1n) is 4.37. The average molecular weight is 218 g/mol. The van der Waals surface area contributed by atoms with Crippen molar-refractivity contribution in [1.29, 1.82) is 0 Å². The van der Waals surface area contributed by atoms with Crippen molar-refractivity contribution in [2.24, 2.45) is 0 Å². The van der Waals surface area contributed by atoms with Crippen molar-refractivity contribution < 1.29 is 17.6 Å². The molecule has 1 rings (SSSR count). The number of halogens is 4. The minimum absolute atomic E-state index is 0.0414. The second-order valence-corrected chi connectivity index (χ2v) is 3.19. The third-order valence-corrected chi connectivity index (χ3v) is 2.12. The van der Waals surface area contributed by atoms with Crippen LogP contribution in [0.2, 0.25) is 0 Å². The summed E-state index contributed by atoms with van der Waals surface area (Å²) >= 11 is 0. The molecule has 0 aliphatic heterocycles. The summed E-state index contributed by atoms with van der Waals surface area (Å²) in [6.45, 7) is 4.33. The molecule has 1 unspecified atom stereocenters. The highest BCUT2D eigenvalue weighted by Crippen LogP contribution is 2.33. The molecule has 0 radical (unpaired) electrons. The summed E-state index contributed by atoms with van der Waals surface area (Å²) in [4.78, 5) is 0. The van der Waals surface area contributed by atoms with Gasteiger partial charge in [0.1, 0.15) is 5.83 Å². The Balaban J connectivity index is 3.27. The second kappa shape index (κ2) is 4.47. The first-order chi connectivity index (χ1) is 6.99. The average Bonchev–Trinajstić information content (AvgIpc) is 2.28. The third-order valence-electron chi connectivity index (χ3n) is 2.12. The normalized spacial score (nSPS) is 22.7. The predicted molar refractivity (Wildman–Crippen MR) is 50.8 cm³/mol. The molecule has 0 aromatic heterocycles. The SMILES string of the molecule is C=CCC1=CC(F)C(F)=C(C)C(F)=C1F. The van der Waals surface area contributed by atoms with Crippen molar-refractivity contribution in [3.05, 3.63) is 47.4 Å². The molecule has 0 saturated heterocycles. The minimum atomic E-state index is -2.10. The van der Waals surface area contributed by atoms with Gasteiger partial charge in [-0.1, -0.05) is 6.08 Å². The Labute approximate surface area is 85.3 Å². The van der Waals surface area contributed by atoms with E-state index in [4.69, 9.17) is 0 Å². The fraction of sp³-hybridized carbons (Fsp3) is 0.273. The molecule has 0 aromatic carbocycles. The van der Waals surface area contributed by atoms with Gasteiger partial charge in [0.25, 0.3) is 0 Å². The van der Waals surface area contributed by atoms with Crippen LogP contribution in [0, 0.1) is 0 Å². The van der Waals surface area contributed by atoms with Gasteiger partial charge >= 0.3 is 0 Å². The molecular formula is C11H10F4. The summed E-state index contributed by atoms with van der Waals surface area (Å²) < 4.78 is 52.7. The molecule has 0 aromatic rings. The lowest BCUT2D eigenvalue weighted by Crippen LogP contribution is -1.98. The zero-order chi connectivity index (χ0) is 11.6. The van der Waals surface area contributed by atoms with Crippen LogP contribution < -0.4 is 0 Å². The molecule has 1 aliphatic carbocycles. The zero-order valence-electron chi connectivity index (χ0n) is 8.16. The van der Waals surface area contributed by atoms with E-state index in [0.717, 1.165) is 13.0 Å². The van der Waals surface area contributed by atoms with Gasteiger partial charge in [-0.05, 0) is 25.0 Å². The van der Waals surface area contributed by atoms with Crippen LogP contribution in [0.5, 0.6) is 0 Å². The maximum absolute atomic E-state index is 13.3. The van der Waals surface area contributed by atoms with Crippen molar-refractivity contribution in [3.63, 3.8) is 0 Å². The minimum Gasteiger partial charge on any atom is -0.235 e. The third kappa shape index (κ3) is 2.19. The Morgan fingerprint density at radius 2 is 1.93 bits per heavy atom. The van der Waals surface area contributed by atoms with E-state index in [9.17, 15) is 17.6 Å². The molecule has 82 valence electrons. The Hall–Kier alpha value is -1.32. The smallest absolute Gasteiger partial charge is 0.171 e. The van der Waals surface area contributed by atoms with Crippen LogP contribution in [-0.2, 0) is 0 Å². The van der Waals surface area contributed by atoms with Gasteiger partial charge in [0, 0.05) is 5.57 Å². The number of hydrogen-bond acceptors (Lipinski definition) is 0. The Morgan fingerprint density at radius 3 is 2.47 bits per heavy atom. The molecule has 0 spiro atoms. The van der Waals surface area contributed by atoms with Crippen LogP contribution in [-0.4, -0.2) is 6.17 Å². The number of alkyl halides is 1. The van der Waals surface area contributed by atoms with Gasteiger partial charge < -0.3 is 0 Å². The molecule has 0 fully saturated rings. The lowest BCUT2D eigenvalue weighted by Gasteiger charge is -2.01. The van der Waals surface area contributed by atoms with Gasteiger partial charge in [0.2, 0.25) is 0 Å². The lowest BCUT2D eigenvalue weighted by molar-refractivity contribution is 0.376. The van der Waals surface area contributed by atoms with Crippen molar-refractivity contribution >= 4 is 0 Å². The van der Waals surface area contributed by atoms with Gasteiger partial charge in [-0.25, -0.2) is 17.6 Å². The van der Waals surface area contributed by atoms with E-state index in [1.165, 1.54) is 6.08 Å². The van der Waals surface area contributed by atoms with Crippen LogP contribution in [0.1, 0.15) is 13.3 Å². The van der Waals surface area contributed by atoms with E-state index in [2.05, 4.69) is 6.58 Å². The second-order valence-electron chi connectivity index (χ2n) is 3.19. The largest absolute Gasteiger partial charge is 0.235 e. The summed E-state index contributed by atoms with van der Waals surface area (Å²) in [5.41, 5.74) is -0.850. The number of rotatable bonds is 2. The van der Waals surface area contributed by atoms with E-state index in [0.29, 0.717) is 0 Å². The standard InChI is InChI=1S/C11H10F4/c1-3-4-7-5-8(12)9(13)6(2)10(14)11(7)15/h3,5,8H,1,4H2,2H3. The molecular weight excluding hydrogens is 208 g/mol. The fourth-order valence-electron chi connectivity index (χ4n) is 1.25. The Morgan fingerprint density at radius 1 is 1.33 bits per heavy atom. The molecule has 1 atom stereocenters. The van der Waals surface area contributed by atoms with Crippen molar-refractivity contribution in [3.8, 4) is 0 Å². The maximum Gasteiger partial charge on any atom is 0.171 e. The summed E-state index contributed by atoms with van der Waals surface area (Å²) in [5, 5.41) is 0. The highest BCUT2D eigenvalue weighted by molar-refractivity contribution is 5.44. The summed E-state index contributed by atoms with van der Waals surface area (Å²) in [6, 6.07) is 0. The highest BCUT2D eigenvalue weighted by Gasteiger charge is 2.25. The first kappa shape index (κ1) is 11.8. The fourth-order valence-corrected chi connectivity index (χ4v) is 1.25. The summed E-state index contributed by atoms with van der Waals surface area (Å²) in [6.07, 6.45) is -0.119. The molecule has 0 N–H and O–H groups in total. The summed E-state index contributed by atoms with van der Waals surface area (Å²) in [7, 11) is 0. The van der Waals surface area contributed by atoms with Crippen LogP contribution >= 0.6 is 0 Å². The number of hydrogen-bond donors (Lipinski definition) is 0. The molecule has 0 saturated carbocycles. The van der Waals surface area contributed by atoms with Gasteiger partial charge in [-0.3, -0.25) is 0 Å². The quantitative estimate of drug-likeness (QED) is 0.480. The molecule has 0 heterocycles. The predicted octanol–water partition coefficient (Wildman–Crippen LogP) is 4.23. The lowest BCUT2D eigenvalue weighted by atomic mass is 10.1. The molecule has 0 nitrogen and oxygen atoms in total. The van der Waals surface area contributed by atoms with Gasteiger partial charge in [0.05, 0.1) is 0 Å². The molecule has 15 heavy (non-hydrogen) atoms. The molecule has 4 heteroatoms. The van der Waals surface area contributed by atoms with Crippen molar-refractivity contribution in [1.82, 2.24) is 0 Å². The van der Waals surface area contributed by atoms with Crippen molar-refractivity contribution in [2.75, 3.05) is 0 Å². The van der Waals surface area contributed by atoms with Crippen LogP contribution in [0.4, 0.5) is 17.6 Å². The van der Waals surface area contributed by atoms with E-state index in [-0.39, 0.29) is 12.0 Å². The maximum atomic E-state index is 13.3. The van der Waals surface area contributed by atoms with Crippen LogP contribution in [0.3, 0.4) is 0 Å². The topological polar surface area (TPSA) is 0 Å². The zero-order valence-corrected chi connectivity index (χ0v) is 8.16. The first-order valence-corrected chi connectivity index (χ1v) is 4.37. The monoisotopic (exact) mass is 218 g/mol. The number of allylic oxidation sites excluding steroid dienone is 7. The van der Waals surface area contributed by atoms with E-state index >= 15 is 0 Å². The van der Waals surface area contributed by atoms with Crippen LogP contribution in [0.15, 0.2) is 47.4 Å². The van der Waals surface area contributed by atoms with Crippen LogP contribution in [0.25, 0.3) is 0 Å². The van der Waals surface area contributed by atoms with Gasteiger partial charge in [-0.15, -0.1) is 6.58 Å². The summed E-state index contributed by atoms with van der Waals surface area (Å²) in [5.74, 6) is -3.86. The Bertz CT molecular complexity index is 374. The van der Waals surface area contributed by atoms with E-state index in [1.54, 1.807) is 0 Å². The van der Waals surface area contributed by atoms with Crippen molar-refractivity contribution in [2.45, 2.75) is 19.5 Å². The Kier molecular flexibility index (Phi) is 3.50. The van der Waals surface area contributed by atoms with Gasteiger partial charge in [-0.2, -0.15) is 0 Å². The molecule has 1 aliphatic rings. The highest BCUT2D eigenvalue weighted by atomic mass is 19.2. The van der Waals surface area contributed by atoms with E-state index < -0.39 is 29.2 Å². The van der Waals surface area contributed by atoms with Gasteiger partial charge in [0.15, 0.2) is 17.8 Å².